The van der Waals surface area contributed by atoms with Crippen LogP contribution in [0, 0.1) is 5.82 Å². The van der Waals surface area contributed by atoms with Crippen LogP contribution in [-0.4, -0.2) is 49.6 Å². The molecule has 1 fully saturated rings. The maximum Gasteiger partial charge on any atom is 0.129 e. The van der Waals surface area contributed by atoms with Crippen LogP contribution in [0.1, 0.15) is 24.4 Å². The van der Waals surface area contributed by atoms with Gasteiger partial charge in [0.1, 0.15) is 5.82 Å². The highest BCUT2D eigenvalue weighted by molar-refractivity contribution is 6.31. The summed E-state index contributed by atoms with van der Waals surface area (Å²) in [6.45, 7) is 4.56. The van der Waals surface area contributed by atoms with Crippen LogP contribution in [0.15, 0.2) is 18.2 Å². The number of nitrogens with two attached hydrogens (primary N) is 1. The number of halogens is 2. The lowest BCUT2D eigenvalue weighted by atomic mass is 10.0. The number of rotatable bonds is 6. The van der Waals surface area contributed by atoms with Gasteiger partial charge in [-0.2, -0.15) is 0 Å². The van der Waals surface area contributed by atoms with Crippen LogP contribution < -0.4 is 5.73 Å². The zero-order chi connectivity index (χ0) is 14.5. The molecule has 1 aliphatic heterocycles. The zero-order valence-electron chi connectivity index (χ0n) is 12.0. The molecule has 2 N–H and O–H groups in total. The van der Waals surface area contributed by atoms with Gasteiger partial charge in [-0.25, -0.2) is 4.39 Å². The third kappa shape index (κ3) is 3.70. The Hall–Kier alpha value is -0.680. The molecule has 1 aromatic rings. The Bertz CT molecular complexity index is 415. The second-order valence-electron chi connectivity index (χ2n) is 5.42. The van der Waals surface area contributed by atoms with Gasteiger partial charge >= 0.3 is 0 Å². The van der Waals surface area contributed by atoms with Crippen LogP contribution in [0.25, 0.3) is 0 Å². The highest BCUT2D eigenvalue weighted by Crippen LogP contribution is 2.28. The minimum atomic E-state index is -0.277. The lowest BCUT2D eigenvalue weighted by Gasteiger charge is -2.29. The van der Waals surface area contributed by atoms with E-state index >= 15 is 0 Å². The molecule has 1 saturated heterocycles. The van der Waals surface area contributed by atoms with Crippen molar-refractivity contribution in [2.45, 2.75) is 18.9 Å². The quantitative estimate of drug-likeness (QED) is 0.876. The van der Waals surface area contributed by atoms with Crippen molar-refractivity contribution in [3.05, 3.63) is 34.6 Å². The van der Waals surface area contributed by atoms with Crippen molar-refractivity contribution in [1.82, 2.24) is 9.80 Å². The normalized spacial score (nSPS) is 17.9. The molecule has 1 atom stereocenters. The predicted octanol–water partition coefficient (Wildman–Crippen LogP) is 2.51. The molecule has 0 saturated carbocycles. The molecular formula is C15H23ClFN3. The monoisotopic (exact) mass is 299 g/mol. The number of benzene rings is 1. The van der Waals surface area contributed by atoms with Gasteiger partial charge in [-0.1, -0.05) is 17.7 Å². The van der Waals surface area contributed by atoms with Gasteiger partial charge in [0.15, 0.2) is 0 Å². The summed E-state index contributed by atoms with van der Waals surface area (Å²) in [5.74, 6) is -0.277. The van der Waals surface area contributed by atoms with Crippen molar-refractivity contribution in [2.24, 2.45) is 5.73 Å². The number of likely N-dealkylation sites (N-methyl/N-ethyl adjacent to an activating group) is 1. The van der Waals surface area contributed by atoms with Crippen LogP contribution >= 0.6 is 11.6 Å². The van der Waals surface area contributed by atoms with E-state index in [0.29, 0.717) is 17.1 Å². The molecule has 1 unspecified atom stereocenters. The molecule has 112 valence electrons. The summed E-state index contributed by atoms with van der Waals surface area (Å²) in [6, 6.07) is 4.61. The summed E-state index contributed by atoms with van der Waals surface area (Å²) in [7, 11) is 1.98. The summed E-state index contributed by atoms with van der Waals surface area (Å²) in [5.41, 5.74) is 6.36. The fourth-order valence-corrected chi connectivity index (χ4v) is 3.10. The largest absolute Gasteiger partial charge is 0.329 e. The average molecular weight is 300 g/mol. The van der Waals surface area contributed by atoms with E-state index < -0.39 is 0 Å². The first kappa shape index (κ1) is 15.7. The fraction of sp³-hybridized carbons (Fsp3) is 0.600. The fourth-order valence-electron chi connectivity index (χ4n) is 2.81. The molecule has 1 heterocycles. The molecule has 3 nitrogen and oxygen atoms in total. The molecule has 0 aromatic heterocycles. The molecule has 0 spiro atoms. The van der Waals surface area contributed by atoms with E-state index in [0.717, 1.165) is 13.1 Å². The SMILES string of the molecule is CN(CCN1CCCC1)C(CN)c1c(F)cccc1Cl. The first-order valence-corrected chi connectivity index (χ1v) is 7.58. The predicted molar refractivity (Wildman–Crippen MR) is 81.5 cm³/mol. The van der Waals surface area contributed by atoms with Crippen molar-refractivity contribution >= 4 is 11.6 Å². The Kier molecular flexibility index (Phi) is 5.78. The van der Waals surface area contributed by atoms with Gasteiger partial charge in [0.25, 0.3) is 0 Å². The van der Waals surface area contributed by atoms with Gasteiger partial charge in [-0.05, 0) is 45.1 Å². The van der Waals surface area contributed by atoms with Crippen LogP contribution in [0.2, 0.25) is 5.02 Å². The van der Waals surface area contributed by atoms with Crippen molar-refractivity contribution in [3.8, 4) is 0 Å². The second-order valence-corrected chi connectivity index (χ2v) is 5.82. The molecular weight excluding hydrogens is 277 g/mol. The standard InChI is InChI=1S/C15H23ClFN3/c1-19(9-10-20-7-2-3-8-20)14(11-18)15-12(16)5-4-6-13(15)17/h4-6,14H,2-3,7-11,18H2,1H3. The van der Waals surface area contributed by atoms with E-state index in [1.165, 1.54) is 32.0 Å². The summed E-state index contributed by atoms with van der Waals surface area (Å²) >= 11 is 6.14. The van der Waals surface area contributed by atoms with E-state index in [-0.39, 0.29) is 11.9 Å². The zero-order valence-corrected chi connectivity index (χ0v) is 12.7. The van der Waals surface area contributed by atoms with Gasteiger partial charge < -0.3 is 10.6 Å². The third-order valence-corrected chi connectivity index (χ3v) is 4.39. The van der Waals surface area contributed by atoms with Gasteiger partial charge in [0, 0.05) is 30.2 Å². The maximum absolute atomic E-state index is 14.0. The van der Waals surface area contributed by atoms with Gasteiger partial charge in [-0.15, -0.1) is 0 Å². The first-order chi connectivity index (χ1) is 9.63. The minimum absolute atomic E-state index is 0.175. The highest BCUT2D eigenvalue weighted by Gasteiger charge is 2.22. The maximum atomic E-state index is 14.0. The van der Waals surface area contributed by atoms with Crippen molar-refractivity contribution in [2.75, 3.05) is 39.8 Å². The molecule has 5 heteroatoms. The van der Waals surface area contributed by atoms with Crippen LogP contribution in [0.5, 0.6) is 0 Å². The smallest absolute Gasteiger partial charge is 0.129 e. The Morgan fingerprint density at radius 1 is 1.40 bits per heavy atom. The Balaban J connectivity index is 2.02. The highest BCUT2D eigenvalue weighted by atomic mass is 35.5. The Morgan fingerprint density at radius 3 is 2.70 bits per heavy atom. The Morgan fingerprint density at radius 2 is 2.10 bits per heavy atom. The number of nitrogens with zero attached hydrogens (tertiary/aromatic N) is 2. The van der Waals surface area contributed by atoms with E-state index in [1.54, 1.807) is 12.1 Å². The lowest BCUT2D eigenvalue weighted by molar-refractivity contribution is 0.206. The number of likely N-dealkylation sites (tertiary alicyclic amines) is 1. The minimum Gasteiger partial charge on any atom is -0.329 e. The average Bonchev–Trinajstić information content (AvgIpc) is 2.93. The van der Waals surface area contributed by atoms with E-state index in [1.807, 2.05) is 7.05 Å². The first-order valence-electron chi connectivity index (χ1n) is 7.20. The van der Waals surface area contributed by atoms with Crippen molar-refractivity contribution < 1.29 is 4.39 Å². The molecule has 2 rings (SSSR count). The molecule has 0 bridgehead atoms. The molecule has 0 amide bonds. The van der Waals surface area contributed by atoms with Crippen molar-refractivity contribution in [3.63, 3.8) is 0 Å². The topological polar surface area (TPSA) is 32.5 Å². The van der Waals surface area contributed by atoms with E-state index in [2.05, 4.69) is 9.80 Å². The van der Waals surface area contributed by atoms with E-state index in [4.69, 9.17) is 17.3 Å². The molecule has 0 radical (unpaired) electrons. The summed E-state index contributed by atoms with van der Waals surface area (Å²) in [6.07, 6.45) is 2.56. The number of hydrogen-bond acceptors (Lipinski definition) is 3. The summed E-state index contributed by atoms with van der Waals surface area (Å²) in [4.78, 5) is 4.54. The number of hydrogen-bond donors (Lipinski definition) is 1. The van der Waals surface area contributed by atoms with Gasteiger partial charge in [0.05, 0.1) is 6.04 Å². The van der Waals surface area contributed by atoms with E-state index in [9.17, 15) is 4.39 Å². The summed E-state index contributed by atoms with van der Waals surface area (Å²) in [5, 5.41) is 0.452. The van der Waals surface area contributed by atoms with Crippen LogP contribution in [0.4, 0.5) is 4.39 Å². The van der Waals surface area contributed by atoms with Gasteiger partial charge in [-0.3, -0.25) is 4.90 Å². The molecule has 1 aromatic carbocycles. The molecule has 1 aliphatic rings. The molecule has 20 heavy (non-hydrogen) atoms. The Labute approximate surface area is 125 Å². The van der Waals surface area contributed by atoms with Crippen LogP contribution in [0.3, 0.4) is 0 Å². The molecule has 0 aliphatic carbocycles. The second kappa shape index (κ2) is 7.36. The van der Waals surface area contributed by atoms with Crippen LogP contribution in [-0.2, 0) is 0 Å². The summed E-state index contributed by atoms with van der Waals surface area (Å²) < 4.78 is 14.0. The van der Waals surface area contributed by atoms with Gasteiger partial charge in [0.2, 0.25) is 0 Å². The van der Waals surface area contributed by atoms with Crippen molar-refractivity contribution in [1.29, 1.82) is 0 Å². The third-order valence-electron chi connectivity index (χ3n) is 4.06. The lowest BCUT2D eigenvalue weighted by Crippen LogP contribution is -2.37.